The molecule has 1 aromatic rings. The van der Waals surface area contributed by atoms with Gasteiger partial charge in [-0.15, -0.1) is 0 Å². The maximum atomic E-state index is 13.6. The summed E-state index contributed by atoms with van der Waals surface area (Å²) in [5.74, 6) is -2.01. The Labute approximate surface area is 286 Å². The molecular formula is C34H48N8O7. The molecule has 1 saturated carbocycles. The molecule has 0 unspecified atom stereocenters. The minimum Gasteiger partial charge on any atom is -0.355 e. The molecule has 49 heavy (non-hydrogen) atoms. The first-order chi connectivity index (χ1) is 23.5. The lowest BCUT2D eigenvalue weighted by Gasteiger charge is -2.39. The van der Waals surface area contributed by atoms with E-state index in [1.165, 1.54) is 17.1 Å². The van der Waals surface area contributed by atoms with Crippen LogP contribution in [0, 0.1) is 5.41 Å². The van der Waals surface area contributed by atoms with Crippen LogP contribution in [-0.4, -0.2) is 115 Å². The number of benzene rings is 1. The number of hydrogen-bond donors (Lipinski definition) is 5. The normalized spacial score (nSPS) is 17.7. The van der Waals surface area contributed by atoms with Crippen LogP contribution in [0.3, 0.4) is 0 Å². The van der Waals surface area contributed by atoms with Gasteiger partial charge < -0.3 is 36.8 Å². The minimum atomic E-state index is -1.29. The molecule has 8 amide bonds. The molecule has 2 aliphatic heterocycles. The Bertz CT molecular complexity index is 1400. The van der Waals surface area contributed by atoms with Crippen LogP contribution in [0.4, 0.5) is 10.5 Å². The third-order valence-corrected chi connectivity index (χ3v) is 9.34. The van der Waals surface area contributed by atoms with Gasteiger partial charge in [0.1, 0.15) is 11.5 Å². The summed E-state index contributed by atoms with van der Waals surface area (Å²) in [5.41, 5.74) is 5.18. The Balaban J connectivity index is 1.28. The van der Waals surface area contributed by atoms with E-state index >= 15 is 0 Å². The first kappa shape index (κ1) is 37.0. The molecule has 0 radical (unpaired) electrons. The van der Waals surface area contributed by atoms with Crippen LogP contribution < -0.4 is 27.0 Å². The molecule has 266 valence electrons. The van der Waals surface area contributed by atoms with Crippen molar-refractivity contribution in [1.29, 1.82) is 0 Å². The number of nitrogens with two attached hydrogens (primary N) is 1. The van der Waals surface area contributed by atoms with Gasteiger partial charge in [0.15, 0.2) is 0 Å². The van der Waals surface area contributed by atoms with Crippen molar-refractivity contribution >= 4 is 47.2 Å². The molecule has 2 heterocycles. The fourth-order valence-corrected chi connectivity index (χ4v) is 6.04. The van der Waals surface area contributed by atoms with Crippen molar-refractivity contribution in [1.82, 2.24) is 30.7 Å². The van der Waals surface area contributed by atoms with Crippen LogP contribution in [0.15, 0.2) is 36.4 Å². The van der Waals surface area contributed by atoms with E-state index in [9.17, 15) is 33.6 Å². The Hall–Kier alpha value is -4.79. The summed E-state index contributed by atoms with van der Waals surface area (Å²) in [4.78, 5) is 92.7. The number of urea groups is 1. The van der Waals surface area contributed by atoms with E-state index in [1.807, 2.05) is 11.9 Å². The second kappa shape index (κ2) is 17.6. The van der Waals surface area contributed by atoms with Crippen molar-refractivity contribution in [3.05, 3.63) is 42.0 Å². The number of likely N-dealkylation sites (N-methyl/N-ethyl adjacent to an activating group) is 1. The number of primary amides is 1. The van der Waals surface area contributed by atoms with Gasteiger partial charge in [-0.2, -0.15) is 0 Å². The molecule has 0 aromatic heterocycles. The minimum absolute atomic E-state index is 0.0527. The second-order valence-electron chi connectivity index (χ2n) is 12.9. The highest BCUT2D eigenvalue weighted by atomic mass is 16.2. The highest BCUT2D eigenvalue weighted by Crippen LogP contribution is 2.41. The number of carbonyl (C=O) groups is 7. The third kappa shape index (κ3) is 10.3. The average Bonchev–Trinajstić information content (AvgIpc) is 3.37. The van der Waals surface area contributed by atoms with Gasteiger partial charge in [0.25, 0.3) is 11.8 Å². The van der Waals surface area contributed by atoms with Crippen LogP contribution in [0.2, 0.25) is 0 Å². The van der Waals surface area contributed by atoms with Crippen molar-refractivity contribution in [2.75, 3.05) is 58.2 Å². The predicted molar refractivity (Wildman–Crippen MR) is 181 cm³/mol. The van der Waals surface area contributed by atoms with Gasteiger partial charge in [0.05, 0.1) is 6.42 Å². The Kier molecular flexibility index (Phi) is 13.3. The summed E-state index contributed by atoms with van der Waals surface area (Å²) in [6.07, 6.45) is 6.54. The SMILES string of the molecule is CN1CCN(C(=O)Cc2ccc(NC(=O)[C@H](CCCNC(N)=O)NC(=O)C3(C(=O)NCCCCCN4C(=O)C=CC4=O)CCC3)cc2)CC1. The van der Waals surface area contributed by atoms with E-state index in [0.29, 0.717) is 76.8 Å². The lowest BCUT2D eigenvalue weighted by Crippen LogP contribution is -2.58. The van der Waals surface area contributed by atoms with Gasteiger partial charge in [0.2, 0.25) is 23.6 Å². The Morgan fingerprint density at radius 2 is 1.49 bits per heavy atom. The fraction of sp³-hybridized carbons (Fsp3) is 0.559. The summed E-state index contributed by atoms with van der Waals surface area (Å²) in [7, 11) is 2.03. The molecule has 1 aliphatic carbocycles. The molecule has 1 saturated heterocycles. The van der Waals surface area contributed by atoms with Gasteiger partial charge in [-0.1, -0.05) is 18.6 Å². The average molecular weight is 681 g/mol. The smallest absolute Gasteiger partial charge is 0.312 e. The van der Waals surface area contributed by atoms with E-state index in [-0.39, 0.29) is 37.1 Å². The zero-order chi connectivity index (χ0) is 35.4. The maximum absolute atomic E-state index is 13.6. The highest BCUT2D eigenvalue weighted by Gasteiger charge is 2.51. The predicted octanol–water partition coefficient (Wildman–Crippen LogP) is 0.257. The van der Waals surface area contributed by atoms with Crippen molar-refractivity contribution in [2.45, 2.75) is 63.8 Å². The zero-order valence-corrected chi connectivity index (χ0v) is 28.1. The van der Waals surface area contributed by atoms with Crippen LogP contribution in [0.1, 0.15) is 56.9 Å². The molecule has 1 aromatic carbocycles. The number of carbonyl (C=O) groups excluding carboxylic acids is 7. The Morgan fingerprint density at radius 1 is 0.837 bits per heavy atom. The van der Waals surface area contributed by atoms with E-state index in [4.69, 9.17) is 5.73 Å². The van der Waals surface area contributed by atoms with Crippen molar-refractivity contribution in [3.8, 4) is 0 Å². The van der Waals surface area contributed by atoms with Crippen molar-refractivity contribution < 1.29 is 33.6 Å². The van der Waals surface area contributed by atoms with Gasteiger partial charge in [0, 0.05) is 63.7 Å². The topological polar surface area (TPSA) is 203 Å². The number of nitrogens with one attached hydrogen (secondary N) is 4. The molecule has 15 nitrogen and oxygen atoms in total. The molecule has 1 atom stereocenters. The number of hydrogen-bond acceptors (Lipinski definition) is 8. The monoisotopic (exact) mass is 680 g/mol. The summed E-state index contributed by atoms with van der Waals surface area (Å²) in [6, 6.07) is 5.29. The van der Waals surface area contributed by atoms with E-state index in [0.717, 1.165) is 18.7 Å². The van der Waals surface area contributed by atoms with Gasteiger partial charge >= 0.3 is 6.03 Å². The maximum Gasteiger partial charge on any atom is 0.312 e. The molecule has 0 bridgehead atoms. The van der Waals surface area contributed by atoms with Crippen LogP contribution in [0.5, 0.6) is 0 Å². The van der Waals surface area contributed by atoms with Gasteiger partial charge in [-0.25, -0.2) is 4.79 Å². The molecule has 6 N–H and O–H groups in total. The quantitative estimate of drug-likeness (QED) is 0.0875. The first-order valence-electron chi connectivity index (χ1n) is 17.0. The van der Waals surface area contributed by atoms with Crippen molar-refractivity contribution in [2.24, 2.45) is 11.1 Å². The van der Waals surface area contributed by atoms with Crippen LogP contribution in [-0.2, 0) is 35.2 Å². The molecule has 15 heteroatoms. The van der Waals surface area contributed by atoms with Gasteiger partial charge in [-0.3, -0.25) is 33.7 Å². The number of amides is 8. The third-order valence-electron chi connectivity index (χ3n) is 9.34. The van der Waals surface area contributed by atoms with E-state index < -0.39 is 35.2 Å². The number of nitrogens with zero attached hydrogens (tertiary/aromatic N) is 3. The summed E-state index contributed by atoms with van der Waals surface area (Å²) < 4.78 is 0. The molecule has 0 spiro atoms. The number of anilines is 1. The lowest BCUT2D eigenvalue weighted by molar-refractivity contribution is -0.151. The molecular weight excluding hydrogens is 632 g/mol. The summed E-state index contributed by atoms with van der Waals surface area (Å²) in [6.45, 7) is 3.91. The second-order valence-corrected chi connectivity index (χ2v) is 12.9. The fourth-order valence-electron chi connectivity index (χ4n) is 6.04. The summed E-state index contributed by atoms with van der Waals surface area (Å²) >= 11 is 0. The van der Waals surface area contributed by atoms with Crippen LogP contribution >= 0.6 is 0 Å². The lowest BCUT2D eigenvalue weighted by atomic mass is 9.67. The van der Waals surface area contributed by atoms with Crippen molar-refractivity contribution in [3.63, 3.8) is 0 Å². The molecule has 2 fully saturated rings. The largest absolute Gasteiger partial charge is 0.355 e. The molecule has 4 rings (SSSR count). The zero-order valence-electron chi connectivity index (χ0n) is 28.1. The number of imide groups is 1. The molecule has 3 aliphatic rings. The van der Waals surface area contributed by atoms with Gasteiger partial charge in [-0.05, 0) is 69.7 Å². The number of rotatable bonds is 17. The van der Waals surface area contributed by atoms with Crippen LogP contribution in [0.25, 0.3) is 0 Å². The number of unbranched alkanes of at least 4 members (excludes halogenated alkanes) is 2. The summed E-state index contributed by atoms with van der Waals surface area (Å²) in [5, 5.41) is 10.9. The van der Waals surface area contributed by atoms with E-state index in [2.05, 4.69) is 26.2 Å². The Morgan fingerprint density at radius 3 is 2.10 bits per heavy atom. The number of piperazine rings is 1. The van der Waals surface area contributed by atoms with E-state index in [1.54, 1.807) is 24.3 Å². The standard InChI is InChI=1S/C34H48N8O7/c1-40-19-21-41(22-20-40)29(45)23-24-8-10-25(11-9-24)38-30(46)26(7-5-17-37-33(35)49)39-32(48)34(14-6-15-34)31(47)36-16-3-2-4-18-42-27(43)12-13-28(42)44/h8-13,26H,2-7,14-23H2,1H3,(H,36,47)(H,38,46)(H,39,48)(H3,35,37,49)/t26-/m0/s1. The first-order valence-corrected chi connectivity index (χ1v) is 17.0. The highest BCUT2D eigenvalue weighted by molar-refractivity contribution is 6.12.